The van der Waals surface area contributed by atoms with Gasteiger partial charge in [0.15, 0.2) is 5.76 Å². The van der Waals surface area contributed by atoms with Gasteiger partial charge in [0.2, 0.25) is 0 Å². The monoisotopic (exact) mass is 206 g/mol. The molecule has 0 aliphatic heterocycles. The van der Waals surface area contributed by atoms with Crippen LogP contribution in [0.25, 0.3) is 11.3 Å². The Bertz CT molecular complexity index is 479. The van der Waals surface area contributed by atoms with E-state index in [2.05, 4.69) is 5.16 Å². The van der Waals surface area contributed by atoms with Crippen LogP contribution in [0.2, 0.25) is 0 Å². The van der Waals surface area contributed by atoms with Gasteiger partial charge in [-0.3, -0.25) is 0 Å². The molecule has 2 rings (SSSR count). The molecule has 0 atom stereocenters. The Hall–Kier alpha value is -1.68. The van der Waals surface area contributed by atoms with E-state index in [1.165, 1.54) is 6.07 Å². The van der Waals surface area contributed by atoms with Gasteiger partial charge >= 0.3 is 0 Å². The van der Waals surface area contributed by atoms with Crippen molar-refractivity contribution < 1.29 is 8.91 Å². The third-order valence-electron chi connectivity index (χ3n) is 2.21. The van der Waals surface area contributed by atoms with Crippen LogP contribution < -0.4 is 5.73 Å². The summed E-state index contributed by atoms with van der Waals surface area (Å²) in [5.74, 6) is 0.397. The van der Waals surface area contributed by atoms with Gasteiger partial charge in [-0.05, 0) is 30.7 Å². The largest absolute Gasteiger partial charge is 0.359 e. The quantitative estimate of drug-likeness (QED) is 0.819. The molecule has 1 aromatic carbocycles. The molecular weight excluding hydrogens is 195 g/mol. The molecule has 0 aliphatic rings. The van der Waals surface area contributed by atoms with Crippen LogP contribution in [-0.2, 0) is 6.54 Å². The highest BCUT2D eigenvalue weighted by molar-refractivity contribution is 5.59. The lowest BCUT2D eigenvalue weighted by atomic mass is 10.1. The molecule has 0 saturated carbocycles. The molecule has 0 amide bonds. The standard InChI is InChI=1S/C11H11FN2O/c1-7-4-8(2-3-10(7)12)11-5-9(6-13)15-14-11/h2-5H,6,13H2,1H3. The average Bonchev–Trinajstić information content (AvgIpc) is 2.70. The molecule has 15 heavy (non-hydrogen) atoms. The molecular formula is C11H11FN2O. The van der Waals surface area contributed by atoms with Gasteiger partial charge in [-0.2, -0.15) is 0 Å². The van der Waals surface area contributed by atoms with Crippen LogP contribution in [0.3, 0.4) is 0 Å². The van der Waals surface area contributed by atoms with Gasteiger partial charge in [-0.1, -0.05) is 5.16 Å². The zero-order valence-electron chi connectivity index (χ0n) is 8.33. The van der Waals surface area contributed by atoms with Crippen molar-refractivity contribution in [2.24, 2.45) is 5.73 Å². The summed E-state index contributed by atoms with van der Waals surface area (Å²) in [5.41, 5.74) is 7.50. The second-order valence-corrected chi connectivity index (χ2v) is 3.35. The highest BCUT2D eigenvalue weighted by Crippen LogP contribution is 2.21. The van der Waals surface area contributed by atoms with E-state index < -0.39 is 0 Å². The van der Waals surface area contributed by atoms with Gasteiger partial charge in [0.1, 0.15) is 11.5 Å². The Morgan fingerprint density at radius 1 is 1.40 bits per heavy atom. The summed E-state index contributed by atoms with van der Waals surface area (Å²) in [4.78, 5) is 0. The van der Waals surface area contributed by atoms with E-state index in [0.29, 0.717) is 23.6 Å². The SMILES string of the molecule is Cc1cc(-c2cc(CN)on2)ccc1F. The van der Waals surface area contributed by atoms with Gasteiger partial charge < -0.3 is 10.3 Å². The first-order valence-corrected chi connectivity index (χ1v) is 4.63. The minimum Gasteiger partial charge on any atom is -0.359 e. The van der Waals surface area contributed by atoms with Crippen LogP contribution in [0.4, 0.5) is 4.39 Å². The fraction of sp³-hybridized carbons (Fsp3) is 0.182. The first-order valence-electron chi connectivity index (χ1n) is 4.63. The summed E-state index contributed by atoms with van der Waals surface area (Å²) < 4.78 is 18.0. The van der Waals surface area contributed by atoms with E-state index in [-0.39, 0.29) is 5.82 Å². The van der Waals surface area contributed by atoms with Crippen LogP contribution in [-0.4, -0.2) is 5.16 Å². The van der Waals surface area contributed by atoms with Crippen molar-refractivity contribution in [3.05, 3.63) is 41.4 Å². The van der Waals surface area contributed by atoms with E-state index in [4.69, 9.17) is 10.3 Å². The lowest BCUT2D eigenvalue weighted by molar-refractivity contribution is 0.387. The smallest absolute Gasteiger partial charge is 0.150 e. The summed E-state index contributed by atoms with van der Waals surface area (Å²) in [5, 5.41) is 3.85. The van der Waals surface area contributed by atoms with Crippen molar-refractivity contribution in [3.63, 3.8) is 0 Å². The van der Waals surface area contributed by atoms with Crippen molar-refractivity contribution in [1.82, 2.24) is 5.16 Å². The average molecular weight is 206 g/mol. The molecule has 1 heterocycles. The maximum atomic E-state index is 13.0. The normalized spacial score (nSPS) is 10.6. The molecule has 0 bridgehead atoms. The Morgan fingerprint density at radius 3 is 2.80 bits per heavy atom. The number of aryl methyl sites for hydroxylation is 1. The van der Waals surface area contributed by atoms with Gasteiger partial charge in [0.25, 0.3) is 0 Å². The lowest BCUT2D eigenvalue weighted by Crippen LogP contribution is -1.92. The molecule has 0 spiro atoms. The molecule has 2 aromatic rings. The van der Waals surface area contributed by atoms with Crippen molar-refractivity contribution in [2.75, 3.05) is 0 Å². The van der Waals surface area contributed by atoms with E-state index in [1.807, 2.05) is 0 Å². The van der Waals surface area contributed by atoms with Gasteiger partial charge in [-0.25, -0.2) is 4.39 Å². The first kappa shape index (κ1) is 9.86. The fourth-order valence-electron chi connectivity index (χ4n) is 1.35. The maximum absolute atomic E-state index is 13.0. The number of hydrogen-bond donors (Lipinski definition) is 1. The molecule has 0 aliphatic carbocycles. The van der Waals surface area contributed by atoms with E-state index in [0.717, 1.165) is 5.56 Å². The summed E-state index contributed by atoms with van der Waals surface area (Å²) in [6.07, 6.45) is 0. The predicted molar refractivity (Wildman–Crippen MR) is 54.5 cm³/mol. The number of benzene rings is 1. The fourth-order valence-corrected chi connectivity index (χ4v) is 1.35. The molecule has 4 heteroatoms. The zero-order valence-corrected chi connectivity index (χ0v) is 8.33. The molecule has 78 valence electrons. The van der Waals surface area contributed by atoms with Crippen LogP contribution in [0.5, 0.6) is 0 Å². The second-order valence-electron chi connectivity index (χ2n) is 3.35. The Kier molecular flexibility index (Phi) is 2.51. The highest BCUT2D eigenvalue weighted by atomic mass is 19.1. The van der Waals surface area contributed by atoms with Crippen LogP contribution in [0, 0.1) is 12.7 Å². The Morgan fingerprint density at radius 2 is 2.20 bits per heavy atom. The number of rotatable bonds is 2. The lowest BCUT2D eigenvalue weighted by Gasteiger charge is -1.98. The Labute approximate surface area is 86.7 Å². The Balaban J connectivity index is 2.40. The molecule has 0 fully saturated rings. The first-order chi connectivity index (χ1) is 7.20. The van der Waals surface area contributed by atoms with E-state index in [9.17, 15) is 4.39 Å². The molecule has 1 aromatic heterocycles. The third-order valence-corrected chi connectivity index (χ3v) is 2.21. The summed E-state index contributed by atoms with van der Waals surface area (Å²) in [6, 6.07) is 6.57. The number of hydrogen-bond acceptors (Lipinski definition) is 3. The predicted octanol–water partition coefficient (Wildman–Crippen LogP) is 2.25. The second kappa shape index (κ2) is 3.82. The van der Waals surface area contributed by atoms with Crippen molar-refractivity contribution >= 4 is 0 Å². The number of nitrogens with two attached hydrogens (primary N) is 1. The third kappa shape index (κ3) is 1.89. The van der Waals surface area contributed by atoms with E-state index >= 15 is 0 Å². The number of halogens is 1. The zero-order chi connectivity index (χ0) is 10.8. The van der Waals surface area contributed by atoms with Gasteiger partial charge in [0, 0.05) is 11.6 Å². The van der Waals surface area contributed by atoms with Crippen molar-refractivity contribution in [3.8, 4) is 11.3 Å². The van der Waals surface area contributed by atoms with Gasteiger partial charge in [-0.15, -0.1) is 0 Å². The maximum Gasteiger partial charge on any atom is 0.150 e. The molecule has 0 unspecified atom stereocenters. The summed E-state index contributed by atoms with van der Waals surface area (Å²) >= 11 is 0. The van der Waals surface area contributed by atoms with Crippen LogP contribution in [0.15, 0.2) is 28.8 Å². The minimum absolute atomic E-state index is 0.221. The molecule has 0 radical (unpaired) electrons. The summed E-state index contributed by atoms with van der Waals surface area (Å²) in [6.45, 7) is 2.02. The van der Waals surface area contributed by atoms with Crippen LogP contribution >= 0.6 is 0 Å². The molecule has 0 saturated heterocycles. The van der Waals surface area contributed by atoms with Gasteiger partial charge in [0.05, 0.1) is 6.54 Å². The summed E-state index contributed by atoms with van der Waals surface area (Å²) in [7, 11) is 0. The number of aromatic nitrogens is 1. The minimum atomic E-state index is -0.221. The highest BCUT2D eigenvalue weighted by Gasteiger charge is 2.06. The topological polar surface area (TPSA) is 52.0 Å². The van der Waals surface area contributed by atoms with Crippen molar-refractivity contribution in [2.45, 2.75) is 13.5 Å². The molecule has 3 nitrogen and oxygen atoms in total. The van der Waals surface area contributed by atoms with E-state index in [1.54, 1.807) is 25.1 Å². The molecule has 2 N–H and O–H groups in total. The van der Waals surface area contributed by atoms with Crippen molar-refractivity contribution in [1.29, 1.82) is 0 Å². The number of nitrogens with zero attached hydrogens (tertiary/aromatic N) is 1. The van der Waals surface area contributed by atoms with Crippen LogP contribution in [0.1, 0.15) is 11.3 Å².